The second kappa shape index (κ2) is 5.84. The van der Waals surface area contributed by atoms with Crippen molar-refractivity contribution in [3.05, 3.63) is 40.8 Å². The zero-order valence-electron chi connectivity index (χ0n) is 9.52. The zero-order valence-corrected chi connectivity index (χ0v) is 11.1. The normalized spacial score (nSPS) is 10.5. The van der Waals surface area contributed by atoms with Crippen molar-refractivity contribution in [1.82, 2.24) is 20.5 Å². The van der Waals surface area contributed by atoms with Crippen LogP contribution in [0.5, 0.6) is 0 Å². The molecule has 0 saturated heterocycles. The highest BCUT2D eigenvalue weighted by Crippen LogP contribution is 2.18. The number of halogens is 1. The Bertz CT molecular complexity index is 484. The van der Waals surface area contributed by atoms with Gasteiger partial charge in [-0.15, -0.1) is 5.10 Å². The molecule has 0 bridgehead atoms. The summed E-state index contributed by atoms with van der Waals surface area (Å²) in [6.45, 7) is 0.853. The van der Waals surface area contributed by atoms with Crippen LogP contribution in [0, 0.1) is 0 Å². The van der Waals surface area contributed by atoms with Gasteiger partial charge in [0.1, 0.15) is 0 Å². The molecule has 0 radical (unpaired) electrons. The van der Waals surface area contributed by atoms with Crippen molar-refractivity contribution in [2.24, 2.45) is 0 Å². The van der Waals surface area contributed by atoms with Crippen LogP contribution in [0.1, 0.15) is 5.82 Å². The molecule has 1 aromatic carbocycles. The summed E-state index contributed by atoms with van der Waals surface area (Å²) in [5, 5.41) is 11.1. The summed E-state index contributed by atoms with van der Waals surface area (Å²) in [6, 6.07) is 8.00. The second-order valence-corrected chi connectivity index (χ2v) is 4.53. The van der Waals surface area contributed by atoms with E-state index in [1.54, 1.807) is 6.20 Å². The number of nitrogens with one attached hydrogen (secondary N) is 1. The Labute approximate surface area is 109 Å². The average Bonchev–Trinajstić information content (AvgIpc) is 2.37. The summed E-state index contributed by atoms with van der Waals surface area (Å²) in [4.78, 5) is 4.48. The Hall–Kier alpha value is -1.33. The van der Waals surface area contributed by atoms with Gasteiger partial charge in [-0.2, -0.15) is 5.10 Å². The van der Waals surface area contributed by atoms with E-state index in [2.05, 4.69) is 36.4 Å². The summed E-state index contributed by atoms with van der Waals surface area (Å²) in [6.07, 6.45) is 2.47. The summed E-state index contributed by atoms with van der Waals surface area (Å²) in [5.41, 5.74) is 1.91. The molecule has 5 heteroatoms. The van der Waals surface area contributed by atoms with Gasteiger partial charge in [-0.05, 0) is 19.2 Å². The van der Waals surface area contributed by atoms with Crippen LogP contribution in [-0.4, -0.2) is 28.8 Å². The van der Waals surface area contributed by atoms with Gasteiger partial charge in [0.05, 0.1) is 11.9 Å². The number of rotatable bonds is 4. The summed E-state index contributed by atoms with van der Waals surface area (Å²) in [5.74, 6) is 0.764. The summed E-state index contributed by atoms with van der Waals surface area (Å²) in [7, 11) is 1.91. The number of aromatic nitrogens is 3. The van der Waals surface area contributed by atoms with E-state index in [1.807, 2.05) is 31.3 Å². The maximum absolute atomic E-state index is 4.48. The van der Waals surface area contributed by atoms with E-state index in [9.17, 15) is 0 Å². The molecule has 0 aliphatic rings. The number of nitrogens with zero attached hydrogens (tertiary/aromatic N) is 3. The lowest BCUT2D eigenvalue weighted by Crippen LogP contribution is -2.12. The first kappa shape index (κ1) is 12.1. The van der Waals surface area contributed by atoms with Crippen molar-refractivity contribution in [1.29, 1.82) is 0 Å². The molecule has 2 aromatic rings. The minimum absolute atomic E-state index is 0.764. The third-order valence-electron chi connectivity index (χ3n) is 2.34. The monoisotopic (exact) mass is 292 g/mol. The largest absolute Gasteiger partial charge is 0.319 e. The van der Waals surface area contributed by atoms with Gasteiger partial charge in [0.2, 0.25) is 0 Å². The molecule has 0 unspecified atom stereocenters. The van der Waals surface area contributed by atoms with E-state index < -0.39 is 0 Å². The molecular weight excluding hydrogens is 280 g/mol. The van der Waals surface area contributed by atoms with Crippen LogP contribution in [0.4, 0.5) is 0 Å². The quantitative estimate of drug-likeness (QED) is 0.937. The first-order chi connectivity index (χ1) is 8.29. The van der Waals surface area contributed by atoms with Crippen LogP contribution in [0.15, 0.2) is 34.9 Å². The standard InChI is InChI=1S/C12H13BrN4/c1-14-7-6-12-16-11(8-15-17-12)9-2-4-10(13)5-3-9/h2-5,8,14H,6-7H2,1H3. The molecule has 1 heterocycles. The molecular formula is C12H13BrN4. The lowest BCUT2D eigenvalue weighted by atomic mass is 10.2. The number of benzene rings is 1. The molecule has 0 fully saturated rings. The molecule has 1 aromatic heterocycles. The molecule has 0 aliphatic heterocycles. The lowest BCUT2D eigenvalue weighted by molar-refractivity contribution is 0.735. The predicted molar refractivity (Wildman–Crippen MR) is 70.6 cm³/mol. The minimum Gasteiger partial charge on any atom is -0.319 e. The number of likely N-dealkylation sites (N-methyl/N-ethyl adjacent to an activating group) is 1. The molecule has 0 amide bonds. The Morgan fingerprint density at radius 3 is 2.71 bits per heavy atom. The molecule has 1 N–H and O–H groups in total. The topological polar surface area (TPSA) is 50.7 Å². The fourth-order valence-electron chi connectivity index (χ4n) is 1.44. The second-order valence-electron chi connectivity index (χ2n) is 3.62. The Balaban J connectivity index is 2.23. The van der Waals surface area contributed by atoms with Crippen molar-refractivity contribution < 1.29 is 0 Å². The maximum Gasteiger partial charge on any atom is 0.152 e. The molecule has 0 saturated carbocycles. The van der Waals surface area contributed by atoms with Crippen LogP contribution >= 0.6 is 15.9 Å². The molecule has 0 aliphatic carbocycles. The van der Waals surface area contributed by atoms with Crippen LogP contribution < -0.4 is 5.32 Å². The lowest BCUT2D eigenvalue weighted by Gasteiger charge is -2.03. The van der Waals surface area contributed by atoms with Crippen molar-refractivity contribution in [2.75, 3.05) is 13.6 Å². The summed E-state index contributed by atoms with van der Waals surface area (Å²) < 4.78 is 1.05. The third kappa shape index (κ3) is 3.31. The van der Waals surface area contributed by atoms with Crippen LogP contribution in [0.2, 0.25) is 0 Å². The van der Waals surface area contributed by atoms with Crippen LogP contribution in [-0.2, 0) is 6.42 Å². The highest BCUT2D eigenvalue weighted by Gasteiger charge is 2.03. The third-order valence-corrected chi connectivity index (χ3v) is 2.87. The van der Waals surface area contributed by atoms with E-state index >= 15 is 0 Å². The first-order valence-corrected chi connectivity index (χ1v) is 6.18. The van der Waals surface area contributed by atoms with E-state index in [0.29, 0.717) is 0 Å². The van der Waals surface area contributed by atoms with E-state index in [4.69, 9.17) is 0 Å². The molecule has 2 rings (SSSR count). The fourth-order valence-corrected chi connectivity index (χ4v) is 1.71. The van der Waals surface area contributed by atoms with Crippen molar-refractivity contribution >= 4 is 15.9 Å². The van der Waals surface area contributed by atoms with Crippen molar-refractivity contribution in [3.63, 3.8) is 0 Å². The van der Waals surface area contributed by atoms with Gasteiger partial charge in [-0.3, -0.25) is 0 Å². The maximum atomic E-state index is 4.48. The average molecular weight is 293 g/mol. The molecule has 4 nitrogen and oxygen atoms in total. The summed E-state index contributed by atoms with van der Waals surface area (Å²) >= 11 is 3.41. The molecule has 0 spiro atoms. The highest BCUT2D eigenvalue weighted by atomic mass is 79.9. The first-order valence-electron chi connectivity index (χ1n) is 5.39. The number of hydrogen-bond donors (Lipinski definition) is 1. The van der Waals surface area contributed by atoms with Crippen molar-refractivity contribution in [3.8, 4) is 11.3 Å². The van der Waals surface area contributed by atoms with Gasteiger partial charge in [0, 0.05) is 23.0 Å². The molecule has 88 valence electrons. The van der Waals surface area contributed by atoms with E-state index in [0.717, 1.165) is 34.5 Å². The van der Waals surface area contributed by atoms with Gasteiger partial charge in [0.25, 0.3) is 0 Å². The predicted octanol–water partition coefficient (Wildman–Crippen LogP) is 2.06. The molecule has 17 heavy (non-hydrogen) atoms. The van der Waals surface area contributed by atoms with Crippen LogP contribution in [0.3, 0.4) is 0 Å². The van der Waals surface area contributed by atoms with Gasteiger partial charge < -0.3 is 5.32 Å². The van der Waals surface area contributed by atoms with Gasteiger partial charge in [-0.1, -0.05) is 28.1 Å². The fraction of sp³-hybridized carbons (Fsp3) is 0.250. The van der Waals surface area contributed by atoms with Gasteiger partial charge >= 0.3 is 0 Å². The van der Waals surface area contributed by atoms with E-state index in [-0.39, 0.29) is 0 Å². The zero-order chi connectivity index (χ0) is 12.1. The molecule has 0 atom stereocenters. The van der Waals surface area contributed by atoms with Crippen molar-refractivity contribution in [2.45, 2.75) is 6.42 Å². The van der Waals surface area contributed by atoms with Gasteiger partial charge in [-0.25, -0.2) is 4.98 Å². The minimum atomic E-state index is 0.764. The highest BCUT2D eigenvalue weighted by molar-refractivity contribution is 9.10. The number of hydrogen-bond acceptors (Lipinski definition) is 4. The van der Waals surface area contributed by atoms with E-state index in [1.165, 1.54) is 0 Å². The SMILES string of the molecule is CNCCc1nncc(-c2ccc(Br)cc2)n1. The Morgan fingerprint density at radius 1 is 1.24 bits per heavy atom. The Kier molecular flexibility index (Phi) is 4.17. The van der Waals surface area contributed by atoms with Crippen LogP contribution in [0.25, 0.3) is 11.3 Å². The Morgan fingerprint density at radius 2 is 2.00 bits per heavy atom. The smallest absolute Gasteiger partial charge is 0.152 e. The van der Waals surface area contributed by atoms with Gasteiger partial charge in [0.15, 0.2) is 5.82 Å².